The van der Waals surface area contributed by atoms with Gasteiger partial charge in [0.05, 0.1) is 0 Å². The molecule has 1 amide bonds. The van der Waals surface area contributed by atoms with Crippen LogP contribution in [0.3, 0.4) is 0 Å². The molecule has 1 aromatic rings. The van der Waals surface area contributed by atoms with Crippen molar-refractivity contribution < 1.29 is 9.90 Å². The summed E-state index contributed by atoms with van der Waals surface area (Å²) in [6.07, 6.45) is 1.54. The number of phenolic OH excluding ortho intramolecular Hbond substituents is 1. The van der Waals surface area contributed by atoms with Crippen molar-refractivity contribution in [1.29, 1.82) is 0 Å². The first-order valence-electron chi connectivity index (χ1n) is 5.16. The second kappa shape index (κ2) is 4.84. The van der Waals surface area contributed by atoms with Crippen LogP contribution in [0.5, 0.6) is 5.75 Å². The van der Waals surface area contributed by atoms with E-state index in [0.29, 0.717) is 0 Å². The highest BCUT2D eigenvalue weighted by Gasteiger charge is 2.05. The minimum Gasteiger partial charge on any atom is -0.508 e. The quantitative estimate of drug-likeness (QED) is 0.593. The molecule has 2 N–H and O–H groups in total. The van der Waals surface area contributed by atoms with Gasteiger partial charge in [-0.2, -0.15) is 0 Å². The van der Waals surface area contributed by atoms with E-state index in [1.165, 1.54) is 0 Å². The van der Waals surface area contributed by atoms with Crippen LogP contribution in [0, 0.1) is 13.8 Å². The number of phenols is 1. The number of nitrogens with one attached hydrogen (secondary N) is 1. The maximum Gasteiger partial charge on any atom is 0.248 e. The van der Waals surface area contributed by atoms with E-state index >= 15 is 0 Å². The molecule has 1 aromatic carbocycles. The summed E-state index contributed by atoms with van der Waals surface area (Å²) < 4.78 is 0. The van der Waals surface area contributed by atoms with Gasteiger partial charge in [0.15, 0.2) is 0 Å². The normalized spacial score (nSPS) is 9.75. The lowest BCUT2D eigenvalue weighted by Crippen LogP contribution is -2.09. The number of aromatic hydroxyl groups is 1. The lowest BCUT2D eigenvalue weighted by molar-refractivity contribution is -0.111. The van der Waals surface area contributed by atoms with Crippen LogP contribution in [-0.2, 0) is 4.79 Å². The summed E-state index contributed by atoms with van der Waals surface area (Å²) in [5.74, 6) is 0.103. The van der Waals surface area contributed by atoms with Gasteiger partial charge in [0.2, 0.25) is 5.91 Å². The molecule has 3 nitrogen and oxygen atoms in total. The van der Waals surface area contributed by atoms with Gasteiger partial charge in [0.1, 0.15) is 5.75 Å². The largest absolute Gasteiger partial charge is 0.508 e. The van der Waals surface area contributed by atoms with E-state index < -0.39 is 0 Å². The first kappa shape index (κ1) is 12.3. The summed E-state index contributed by atoms with van der Waals surface area (Å²) in [6.45, 7) is 7.38. The maximum absolute atomic E-state index is 11.5. The second-order valence-corrected chi connectivity index (χ2v) is 4.16. The molecule has 0 atom stereocenters. The number of carbonyl (C=O) groups is 1. The Kier molecular flexibility index (Phi) is 3.72. The number of amides is 1. The molecule has 0 unspecified atom stereocenters. The van der Waals surface area contributed by atoms with Crippen molar-refractivity contribution in [3.8, 4) is 5.75 Å². The molecule has 0 heterocycles. The number of anilines is 1. The fourth-order valence-corrected chi connectivity index (χ4v) is 1.37. The zero-order valence-electron chi connectivity index (χ0n) is 10.1. The molecule has 0 spiro atoms. The molecule has 0 saturated heterocycles. The van der Waals surface area contributed by atoms with Crippen molar-refractivity contribution in [3.63, 3.8) is 0 Å². The molecule has 1 rings (SSSR count). The van der Waals surface area contributed by atoms with E-state index in [1.54, 1.807) is 25.1 Å². The topological polar surface area (TPSA) is 49.3 Å². The molecule has 0 fully saturated rings. The minimum absolute atomic E-state index is 0.145. The Morgan fingerprint density at radius 2 is 1.88 bits per heavy atom. The molecular formula is C13H17NO2. The van der Waals surface area contributed by atoms with E-state index in [2.05, 4.69) is 5.32 Å². The van der Waals surface area contributed by atoms with Crippen LogP contribution in [0.2, 0.25) is 0 Å². The molecule has 16 heavy (non-hydrogen) atoms. The van der Waals surface area contributed by atoms with Crippen LogP contribution in [0.15, 0.2) is 23.8 Å². The van der Waals surface area contributed by atoms with Gasteiger partial charge in [-0.05, 0) is 51.0 Å². The minimum atomic E-state index is -0.145. The molecule has 86 valence electrons. The molecule has 0 saturated carbocycles. The third-order valence-electron chi connectivity index (χ3n) is 2.22. The summed E-state index contributed by atoms with van der Waals surface area (Å²) in [5, 5.41) is 12.3. The number of rotatable bonds is 2. The van der Waals surface area contributed by atoms with Crippen molar-refractivity contribution in [2.45, 2.75) is 27.7 Å². The van der Waals surface area contributed by atoms with Crippen molar-refractivity contribution in [3.05, 3.63) is 34.9 Å². The van der Waals surface area contributed by atoms with Crippen molar-refractivity contribution in [1.82, 2.24) is 0 Å². The van der Waals surface area contributed by atoms with E-state index in [9.17, 15) is 9.90 Å². The highest BCUT2D eigenvalue weighted by Crippen LogP contribution is 2.24. The zero-order chi connectivity index (χ0) is 12.3. The Bertz CT molecular complexity index is 443. The summed E-state index contributed by atoms with van der Waals surface area (Å²) in [5.41, 5.74) is 3.28. The van der Waals surface area contributed by atoms with Gasteiger partial charge in [0.25, 0.3) is 0 Å². The summed E-state index contributed by atoms with van der Waals surface area (Å²) in [6, 6.07) is 3.41. The fraction of sp³-hybridized carbons (Fsp3) is 0.308. The van der Waals surface area contributed by atoms with Crippen LogP contribution in [-0.4, -0.2) is 11.0 Å². The maximum atomic E-state index is 11.5. The number of benzene rings is 1. The van der Waals surface area contributed by atoms with Gasteiger partial charge in [0, 0.05) is 11.8 Å². The molecule has 0 aromatic heterocycles. The molecular weight excluding hydrogens is 202 g/mol. The third-order valence-corrected chi connectivity index (χ3v) is 2.22. The first-order chi connectivity index (χ1) is 7.40. The Morgan fingerprint density at radius 3 is 2.44 bits per heavy atom. The number of hydrogen-bond donors (Lipinski definition) is 2. The van der Waals surface area contributed by atoms with Crippen LogP contribution in [0.25, 0.3) is 0 Å². The smallest absolute Gasteiger partial charge is 0.248 e. The molecule has 0 aliphatic carbocycles. The van der Waals surface area contributed by atoms with E-state index in [0.717, 1.165) is 22.4 Å². The standard InChI is InChI=1S/C13H17NO2/c1-8(2)5-13(16)14-11-6-10(4)12(15)7-9(11)3/h5-7,15H,1-4H3,(H,14,16). The SMILES string of the molecule is CC(C)=CC(=O)Nc1cc(C)c(O)cc1C. The van der Waals surface area contributed by atoms with Crippen molar-refractivity contribution in [2.75, 3.05) is 5.32 Å². The van der Waals surface area contributed by atoms with Gasteiger partial charge in [-0.15, -0.1) is 0 Å². The monoisotopic (exact) mass is 219 g/mol. The van der Waals surface area contributed by atoms with E-state index in [-0.39, 0.29) is 11.7 Å². The van der Waals surface area contributed by atoms with Crippen molar-refractivity contribution >= 4 is 11.6 Å². The fourth-order valence-electron chi connectivity index (χ4n) is 1.37. The zero-order valence-corrected chi connectivity index (χ0v) is 10.1. The van der Waals surface area contributed by atoms with Crippen LogP contribution < -0.4 is 5.32 Å². The Hall–Kier alpha value is -1.77. The predicted octanol–water partition coefficient (Wildman–Crippen LogP) is 2.91. The number of hydrogen-bond acceptors (Lipinski definition) is 2. The lowest BCUT2D eigenvalue weighted by atomic mass is 10.1. The van der Waals surface area contributed by atoms with E-state index in [4.69, 9.17) is 0 Å². The molecule has 0 radical (unpaired) electrons. The lowest BCUT2D eigenvalue weighted by Gasteiger charge is -2.09. The second-order valence-electron chi connectivity index (χ2n) is 4.16. The van der Waals surface area contributed by atoms with Crippen LogP contribution >= 0.6 is 0 Å². The predicted molar refractivity (Wildman–Crippen MR) is 65.6 cm³/mol. The number of allylic oxidation sites excluding steroid dienone is 1. The van der Waals surface area contributed by atoms with Crippen LogP contribution in [0.4, 0.5) is 5.69 Å². The first-order valence-corrected chi connectivity index (χ1v) is 5.16. The molecule has 0 aliphatic rings. The number of aryl methyl sites for hydroxylation is 2. The highest BCUT2D eigenvalue weighted by molar-refractivity contribution is 6.00. The van der Waals surface area contributed by atoms with Gasteiger partial charge >= 0.3 is 0 Å². The number of carbonyl (C=O) groups excluding carboxylic acids is 1. The third kappa shape index (κ3) is 3.12. The average molecular weight is 219 g/mol. The van der Waals surface area contributed by atoms with Gasteiger partial charge in [-0.3, -0.25) is 4.79 Å². The average Bonchev–Trinajstić information content (AvgIpc) is 2.12. The summed E-state index contributed by atoms with van der Waals surface area (Å²) in [4.78, 5) is 11.5. The van der Waals surface area contributed by atoms with Gasteiger partial charge in [-0.25, -0.2) is 0 Å². The van der Waals surface area contributed by atoms with Gasteiger partial charge < -0.3 is 10.4 Å². The summed E-state index contributed by atoms with van der Waals surface area (Å²) in [7, 11) is 0. The Morgan fingerprint density at radius 1 is 1.25 bits per heavy atom. The van der Waals surface area contributed by atoms with E-state index in [1.807, 2.05) is 20.8 Å². The Balaban J connectivity index is 2.94. The molecule has 0 bridgehead atoms. The highest BCUT2D eigenvalue weighted by atomic mass is 16.3. The summed E-state index contributed by atoms with van der Waals surface area (Å²) >= 11 is 0. The van der Waals surface area contributed by atoms with Crippen molar-refractivity contribution in [2.24, 2.45) is 0 Å². The molecule has 0 aliphatic heterocycles. The molecule has 3 heteroatoms. The van der Waals surface area contributed by atoms with Gasteiger partial charge in [-0.1, -0.05) is 5.57 Å². The Labute approximate surface area is 95.8 Å². The van der Waals surface area contributed by atoms with Crippen LogP contribution in [0.1, 0.15) is 25.0 Å².